The Morgan fingerprint density at radius 3 is 3.00 bits per heavy atom. The van der Waals surface area contributed by atoms with Crippen LogP contribution in [0.1, 0.15) is 22.9 Å². The highest BCUT2D eigenvalue weighted by molar-refractivity contribution is 7.03. The van der Waals surface area contributed by atoms with Crippen LogP contribution in [0.2, 0.25) is 0 Å². The van der Waals surface area contributed by atoms with Crippen molar-refractivity contribution in [1.29, 1.82) is 0 Å². The Labute approximate surface area is 92.6 Å². The first-order valence-electron chi connectivity index (χ1n) is 4.76. The summed E-state index contributed by atoms with van der Waals surface area (Å²) in [5.74, 6) is 0. The van der Waals surface area contributed by atoms with Crippen LogP contribution in [0.4, 0.5) is 0 Å². The molecule has 1 aromatic heterocycles. The van der Waals surface area contributed by atoms with Gasteiger partial charge in [-0.3, -0.25) is 0 Å². The number of hydrogen-bond donors (Lipinski definition) is 1. The lowest BCUT2D eigenvalue weighted by atomic mass is 10.0. The monoisotopic (exact) mass is 220 g/mol. The maximum Gasteiger partial charge on any atom is 0.104 e. The minimum atomic E-state index is -0.550. The third-order valence-electron chi connectivity index (χ3n) is 2.23. The molecule has 1 N–H and O–H groups in total. The molecule has 78 valence electrons. The van der Waals surface area contributed by atoms with E-state index in [0.717, 1.165) is 5.56 Å². The lowest BCUT2D eigenvalue weighted by Crippen LogP contribution is -2.02. The highest BCUT2D eigenvalue weighted by atomic mass is 32.1. The van der Waals surface area contributed by atoms with E-state index in [9.17, 15) is 5.11 Å². The zero-order valence-corrected chi connectivity index (χ0v) is 9.24. The topological polar surface area (TPSA) is 46.0 Å². The summed E-state index contributed by atoms with van der Waals surface area (Å²) in [6.45, 7) is 2.04. The van der Waals surface area contributed by atoms with Crippen molar-refractivity contribution in [3.05, 3.63) is 46.5 Å². The van der Waals surface area contributed by atoms with Gasteiger partial charge >= 0.3 is 0 Å². The summed E-state index contributed by atoms with van der Waals surface area (Å²) in [6, 6.07) is 8.12. The summed E-state index contributed by atoms with van der Waals surface area (Å²) in [5, 5.41) is 15.5. The molecule has 0 radical (unpaired) electrons. The normalized spacial score (nSPS) is 12.7. The Kier molecular flexibility index (Phi) is 3.08. The van der Waals surface area contributed by atoms with Crippen molar-refractivity contribution in [2.24, 2.45) is 0 Å². The number of benzene rings is 1. The highest BCUT2D eigenvalue weighted by Gasteiger charge is 2.11. The van der Waals surface area contributed by atoms with Crippen molar-refractivity contribution < 1.29 is 5.11 Å². The van der Waals surface area contributed by atoms with Crippen molar-refractivity contribution in [3.63, 3.8) is 0 Å². The fourth-order valence-electron chi connectivity index (χ4n) is 1.48. The van der Waals surface area contributed by atoms with Gasteiger partial charge in [-0.15, -0.1) is 5.10 Å². The standard InChI is InChI=1S/C11H12N2OS/c1-8-3-2-4-9(5-8)6-11(14)10-7-15-13-12-10/h2-5,7,11,14H,6H2,1H3. The van der Waals surface area contributed by atoms with Gasteiger partial charge in [0.2, 0.25) is 0 Å². The van der Waals surface area contributed by atoms with Crippen LogP contribution in [0.3, 0.4) is 0 Å². The number of rotatable bonds is 3. The first kappa shape index (κ1) is 10.3. The third kappa shape index (κ3) is 2.61. The van der Waals surface area contributed by atoms with E-state index in [1.165, 1.54) is 17.1 Å². The van der Waals surface area contributed by atoms with Crippen molar-refractivity contribution in [3.8, 4) is 0 Å². The Morgan fingerprint density at radius 2 is 2.33 bits per heavy atom. The van der Waals surface area contributed by atoms with Crippen LogP contribution < -0.4 is 0 Å². The van der Waals surface area contributed by atoms with Gasteiger partial charge in [-0.25, -0.2) is 0 Å². The van der Waals surface area contributed by atoms with Gasteiger partial charge in [-0.2, -0.15) is 0 Å². The summed E-state index contributed by atoms with van der Waals surface area (Å²) in [4.78, 5) is 0. The molecule has 0 spiro atoms. The van der Waals surface area contributed by atoms with Gasteiger partial charge in [0.15, 0.2) is 0 Å². The van der Waals surface area contributed by atoms with Crippen LogP contribution >= 0.6 is 11.5 Å². The molecule has 1 unspecified atom stereocenters. The largest absolute Gasteiger partial charge is 0.386 e. The Morgan fingerprint density at radius 1 is 1.47 bits per heavy atom. The van der Waals surface area contributed by atoms with Crippen molar-refractivity contribution in [2.75, 3.05) is 0 Å². The van der Waals surface area contributed by atoms with E-state index in [2.05, 4.69) is 15.7 Å². The molecule has 0 fully saturated rings. The zero-order valence-electron chi connectivity index (χ0n) is 8.42. The highest BCUT2D eigenvalue weighted by Crippen LogP contribution is 2.17. The Bertz CT molecular complexity index is 428. The van der Waals surface area contributed by atoms with Gasteiger partial charge in [0, 0.05) is 11.8 Å². The van der Waals surface area contributed by atoms with Crippen molar-refractivity contribution in [1.82, 2.24) is 9.59 Å². The molecule has 1 heterocycles. The molecule has 0 saturated carbocycles. The zero-order chi connectivity index (χ0) is 10.7. The molecule has 0 amide bonds. The predicted octanol–water partition coefficient (Wildman–Crippen LogP) is 2.12. The number of aliphatic hydroxyl groups is 1. The number of aliphatic hydroxyl groups excluding tert-OH is 1. The van der Waals surface area contributed by atoms with E-state index >= 15 is 0 Å². The predicted molar refractivity (Wildman–Crippen MR) is 59.8 cm³/mol. The van der Waals surface area contributed by atoms with Crippen LogP contribution in [-0.4, -0.2) is 14.7 Å². The van der Waals surface area contributed by atoms with Gasteiger partial charge in [0.25, 0.3) is 0 Å². The fraction of sp³-hybridized carbons (Fsp3) is 0.273. The molecule has 1 aromatic carbocycles. The van der Waals surface area contributed by atoms with Crippen LogP contribution in [0.25, 0.3) is 0 Å². The molecule has 2 aromatic rings. The van der Waals surface area contributed by atoms with Crippen LogP contribution in [0.15, 0.2) is 29.6 Å². The Balaban J connectivity index is 2.09. The third-order valence-corrected chi connectivity index (χ3v) is 2.75. The van der Waals surface area contributed by atoms with Gasteiger partial charge in [-0.05, 0) is 24.0 Å². The Hall–Kier alpha value is -1.26. The minimum Gasteiger partial charge on any atom is -0.386 e. The average Bonchev–Trinajstić information content (AvgIpc) is 2.70. The molecule has 15 heavy (non-hydrogen) atoms. The summed E-state index contributed by atoms with van der Waals surface area (Å²) in [6.07, 6.45) is 0.0400. The van der Waals surface area contributed by atoms with Crippen molar-refractivity contribution in [2.45, 2.75) is 19.4 Å². The molecule has 0 aliphatic carbocycles. The molecule has 3 nitrogen and oxygen atoms in total. The second-order valence-electron chi connectivity index (χ2n) is 3.54. The molecule has 4 heteroatoms. The molecular formula is C11H12N2OS. The second-order valence-corrected chi connectivity index (χ2v) is 4.15. The summed E-state index contributed by atoms with van der Waals surface area (Å²) >= 11 is 1.26. The molecule has 0 aliphatic rings. The maximum atomic E-state index is 9.86. The lowest BCUT2D eigenvalue weighted by Gasteiger charge is -2.07. The number of aromatic nitrogens is 2. The van der Waals surface area contributed by atoms with E-state index in [1.54, 1.807) is 5.38 Å². The molecule has 0 saturated heterocycles. The van der Waals surface area contributed by atoms with E-state index in [4.69, 9.17) is 0 Å². The average molecular weight is 220 g/mol. The maximum absolute atomic E-state index is 9.86. The second kappa shape index (κ2) is 4.51. The quantitative estimate of drug-likeness (QED) is 0.861. The van der Waals surface area contributed by atoms with E-state index in [0.29, 0.717) is 12.1 Å². The van der Waals surface area contributed by atoms with Crippen LogP contribution in [0, 0.1) is 6.92 Å². The number of nitrogens with zero attached hydrogens (tertiary/aromatic N) is 2. The van der Waals surface area contributed by atoms with Gasteiger partial charge in [0.1, 0.15) is 11.8 Å². The SMILES string of the molecule is Cc1cccc(CC(O)c2csnn2)c1. The first-order valence-corrected chi connectivity index (χ1v) is 5.60. The van der Waals surface area contributed by atoms with Gasteiger partial charge < -0.3 is 5.11 Å². The van der Waals surface area contributed by atoms with E-state index in [1.807, 2.05) is 25.1 Å². The van der Waals surface area contributed by atoms with E-state index < -0.39 is 6.10 Å². The summed E-state index contributed by atoms with van der Waals surface area (Å²) < 4.78 is 3.73. The lowest BCUT2D eigenvalue weighted by molar-refractivity contribution is 0.173. The van der Waals surface area contributed by atoms with Gasteiger partial charge in [0.05, 0.1) is 0 Å². The first-order chi connectivity index (χ1) is 7.25. The van der Waals surface area contributed by atoms with Crippen LogP contribution in [0.5, 0.6) is 0 Å². The van der Waals surface area contributed by atoms with Crippen LogP contribution in [-0.2, 0) is 6.42 Å². The summed E-state index contributed by atoms with van der Waals surface area (Å²) in [5.41, 5.74) is 2.98. The smallest absolute Gasteiger partial charge is 0.104 e. The summed E-state index contributed by atoms with van der Waals surface area (Å²) in [7, 11) is 0. The molecule has 0 bridgehead atoms. The van der Waals surface area contributed by atoms with Gasteiger partial charge in [-0.1, -0.05) is 34.3 Å². The molecule has 0 aliphatic heterocycles. The minimum absolute atomic E-state index is 0.550. The fourth-order valence-corrected chi connectivity index (χ4v) is 1.98. The molecule has 2 rings (SSSR count). The van der Waals surface area contributed by atoms with E-state index in [-0.39, 0.29) is 0 Å². The number of aryl methyl sites for hydroxylation is 1. The number of hydrogen-bond acceptors (Lipinski definition) is 4. The van der Waals surface area contributed by atoms with Crippen molar-refractivity contribution >= 4 is 11.5 Å². The molecule has 1 atom stereocenters. The molecular weight excluding hydrogens is 208 g/mol.